The quantitative estimate of drug-likeness (QED) is 0.382. The summed E-state index contributed by atoms with van der Waals surface area (Å²) < 4.78 is 16.3. The van der Waals surface area contributed by atoms with Gasteiger partial charge < -0.3 is 24.2 Å². The van der Waals surface area contributed by atoms with E-state index in [0.717, 1.165) is 19.3 Å². The van der Waals surface area contributed by atoms with E-state index in [1.54, 1.807) is 4.90 Å². The fourth-order valence-electron chi connectivity index (χ4n) is 7.68. The van der Waals surface area contributed by atoms with Gasteiger partial charge >= 0.3 is 5.97 Å². The van der Waals surface area contributed by atoms with Gasteiger partial charge in [0.15, 0.2) is 6.79 Å². The zero-order chi connectivity index (χ0) is 24.3. The number of β-amino-alcohol motifs (C(OH)–C–C–N with tert-alkyl or cyclic N) is 1. The van der Waals surface area contributed by atoms with Gasteiger partial charge in [-0.25, -0.2) is 4.79 Å². The van der Waals surface area contributed by atoms with Crippen molar-refractivity contribution in [1.29, 1.82) is 0 Å². The fraction of sp³-hybridized carbons (Fsp3) is 0.680. The van der Waals surface area contributed by atoms with E-state index >= 15 is 0 Å². The molecule has 5 fully saturated rings. The molecule has 7 rings (SSSR count). The first-order chi connectivity index (χ1) is 16.8. The van der Waals surface area contributed by atoms with Gasteiger partial charge in [-0.15, -0.1) is 0 Å². The highest BCUT2D eigenvalue weighted by molar-refractivity contribution is 5.89. The van der Waals surface area contributed by atoms with Crippen molar-refractivity contribution in [2.24, 2.45) is 23.2 Å². The molecule has 10 nitrogen and oxygen atoms in total. The Morgan fingerprint density at radius 1 is 1.14 bits per heavy atom. The van der Waals surface area contributed by atoms with E-state index in [1.165, 1.54) is 31.4 Å². The maximum Gasteiger partial charge on any atom is 0.329 e. The third-order valence-corrected chi connectivity index (χ3v) is 8.66. The summed E-state index contributed by atoms with van der Waals surface area (Å²) >= 11 is 0. The first kappa shape index (κ1) is 22.7. The molecule has 1 aromatic carbocycles. The number of aliphatic hydroxyl groups is 1. The summed E-state index contributed by atoms with van der Waals surface area (Å²) in [6.07, 6.45) is 5.62. The van der Waals surface area contributed by atoms with Crippen molar-refractivity contribution in [2.75, 3.05) is 13.3 Å². The molecule has 1 amide bonds. The predicted octanol–water partition coefficient (Wildman–Crippen LogP) is 2.68. The average Bonchev–Trinajstić information content (AvgIpc) is 3.22. The molecular formula is C25H30N2O8. The highest BCUT2D eigenvalue weighted by Gasteiger charge is 2.57. The summed E-state index contributed by atoms with van der Waals surface area (Å²) in [7, 11) is 0. The number of likely N-dealkylation sites (tertiary alicyclic amines) is 1. The van der Waals surface area contributed by atoms with Crippen molar-refractivity contribution in [3.8, 4) is 5.75 Å². The standard InChI is InChI=1S/C25H30N2O8/c28-20-6-21(26(10-20)24(30)25-7-14-1-15(8-25)3-16(2-14)9-25)23(29)34-12-18-5-19(27(31)32)4-17-11-33-13-35-22(17)18/h4-5,14-16,20-21,28H,1-3,6-13H2/t14?,15?,16?,20?,21-,25?/m0/s1. The number of hydrogen-bond donors (Lipinski definition) is 1. The molecule has 0 spiro atoms. The first-order valence-corrected chi connectivity index (χ1v) is 12.5. The highest BCUT2D eigenvalue weighted by atomic mass is 16.7. The van der Waals surface area contributed by atoms with Crippen LogP contribution in [0.1, 0.15) is 56.1 Å². The van der Waals surface area contributed by atoms with E-state index in [0.29, 0.717) is 34.6 Å². The summed E-state index contributed by atoms with van der Waals surface area (Å²) in [5.74, 6) is 1.57. The van der Waals surface area contributed by atoms with Crippen molar-refractivity contribution >= 4 is 17.6 Å². The van der Waals surface area contributed by atoms with Crippen LogP contribution in [0, 0.1) is 33.3 Å². The molecule has 4 aliphatic carbocycles. The SMILES string of the molecule is O=C(OCc1cc([N+](=O)[O-])cc2c1OCOC2)[C@@H]1CC(O)CN1C(=O)C12CC3CC(CC(C3)C1)C2. The fourth-order valence-corrected chi connectivity index (χ4v) is 7.68. The smallest absolute Gasteiger partial charge is 0.329 e. The Morgan fingerprint density at radius 3 is 2.49 bits per heavy atom. The maximum atomic E-state index is 13.8. The molecule has 4 saturated carbocycles. The Labute approximate surface area is 202 Å². The number of fused-ring (bicyclic) bond motifs is 1. The van der Waals surface area contributed by atoms with E-state index < -0.39 is 28.5 Å². The van der Waals surface area contributed by atoms with Crippen LogP contribution in [-0.4, -0.2) is 52.3 Å². The Hall–Kier alpha value is -2.72. The number of nitro groups is 1. The maximum absolute atomic E-state index is 13.8. The number of carbonyl (C=O) groups is 2. The van der Waals surface area contributed by atoms with Crippen LogP contribution in [0.5, 0.6) is 5.75 Å². The molecule has 0 aromatic heterocycles. The topological polar surface area (TPSA) is 128 Å². The first-order valence-electron chi connectivity index (χ1n) is 12.5. The lowest BCUT2D eigenvalue weighted by atomic mass is 9.49. The van der Waals surface area contributed by atoms with Crippen LogP contribution < -0.4 is 4.74 Å². The number of nitro benzene ring substituents is 1. The average molecular weight is 487 g/mol. The summed E-state index contributed by atoms with van der Waals surface area (Å²) in [4.78, 5) is 39.4. The van der Waals surface area contributed by atoms with Crippen molar-refractivity contribution in [2.45, 2.75) is 70.3 Å². The number of benzene rings is 1. The van der Waals surface area contributed by atoms with Gasteiger partial charge in [0.2, 0.25) is 5.91 Å². The second-order valence-corrected chi connectivity index (χ2v) is 11.1. The van der Waals surface area contributed by atoms with Crippen LogP contribution >= 0.6 is 0 Å². The van der Waals surface area contributed by atoms with Crippen molar-refractivity contribution in [1.82, 2.24) is 4.90 Å². The normalized spacial score (nSPS) is 34.9. The van der Waals surface area contributed by atoms with Crippen molar-refractivity contribution in [3.63, 3.8) is 0 Å². The Balaban J connectivity index is 1.19. The van der Waals surface area contributed by atoms with Crippen LogP contribution in [0.3, 0.4) is 0 Å². The number of carbonyl (C=O) groups excluding carboxylic acids is 2. The van der Waals surface area contributed by atoms with Crippen molar-refractivity contribution < 1.29 is 33.8 Å². The summed E-state index contributed by atoms with van der Waals surface area (Å²) in [5.41, 5.74) is 0.346. The van der Waals surface area contributed by atoms with Crippen LogP contribution in [0.4, 0.5) is 5.69 Å². The van der Waals surface area contributed by atoms with Gasteiger partial charge in [-0.1, -0.05) is 0 Å². The minimum atomic E-state index is -0.857. The number of hydrogen-bond acceptors (Lipinski definition) is 8. The summed E-state index contributed by atoms with van der Waals surface area (Å²) in [5, 5.41) is 21.7. The Kier molecular flexibility index (Phi) is 5.48. The molecule has 4 bridgehead atoms. The molecule has 1 saturated heterocycles. The lowest BCUT2D eigenvalue weighted by molar-refractivity contribution is -0.385. The molecule has 35 heavy (non-hydrogen) atoms. The minimum Gasteiger partial charge on any atom is -0.467 e. The molecular weight excluding hydrogens is 456 g/mol. The molecule has 188 valence electrons. The zero-order valence-electron chi connectivity index (χ0n) is 19.5. The van der Waals surface area contributed by atoms with Gasteiger partial charge in [0.1, 0.15) is 18.4 Å². The van der Waals surface area contributed by atoms with Gasteiger partial charge in [-0.05, 0) is 56.3 Å². The van der Waals surface area contributed by atoms with Gasteiger partial charge in [0.05, 0.1) is 23.0 Å². The minimum absolute atomic E-state index is 0.00786. The second-order valence-electron chi connectivity index (χ2n) is 11.1. The van der Waals surface area contributed by atoms with Crippen LogP contribution in [-0.2, 0) is 32.3 Å². The van der Waals surface area contributed by atoms with E-state index in [-0.39, 0.29) is 44.6 Å². The molecule has 10 heteroatoms. The molecule has 6 aliphatic rings. The molecule has 2 atom stereocenters. The summed E-state index contributed by atoms with van der Waals surface area (Å²) in [6.45, 7) is 0.0793. The van der Waals surface area contributed by atoms with Gasteiger partial charge in [0.25, 0.3) is 5.69 Å². The number of esters is 1. The van der Waals surface area contributed by atoms with E-state index in [1.807, 2.05) is 0 Å². The van der Waals surface area contributed by atoms with Gasteiger partial charge in [0, 0.05) is 36.2 Å². The van der Waals surface area contributed by atoms with E-state index in [2.05, 4.69) is 0 Å². The number of rotatable bonds is 5. The second kappa shape index (κ2) is 8.44. The number of nitrogens with zero attached hydrogens (tertiary/aromatic N) is 2. The van der Waals surface area contributed by atoms with Crippen LogP contribution in [0.15, 0.2) is 12.1 Å². The molecule has 0 radical (unpaired) electrons. The zero-order valence-corrected chi connectivity index (χ0v) is 19.5. The van der Waals surface area contributed by atoms with Crippen molar-refractivity contribution in [3.05, 3.63) is 33.4 Å². The van der Waals surface area contributed by atoms with E-state index in [4.69, 9.17) is 14.2 Å². The van der Waals surface area contributed by atoms with Crippen LogP contribution in [0.25, 0.3) is 0 Å². The molecule has 2 heterocycles. The third-order valence-electron chi connectivity index (χ3n) is 8.66. The molecule has 1 unspecified atom stereocenters. The Bertz CT molecular complexity index is 1040. The number of ether oxygens (including phenoxy) is 3. The largest absolute Gasteiger partial charge is 0.467 e. The lowest BCUT2D eigenvalue weighted by Crippen LogP contribution is -2.56. The molecule has 1 aromatic rings. The predicted molar refractivity (Wildman–Crippen MR) is 120 cm³/mol. The third kappa shape index (κ3) is 3.96. The Morgan fingerprint density at radius 2 is 1.83 bits per heavy atom. The monoisotopic (exact) mass is 486 g/mol. The van der Waals surface area contributed by atoms with E-state index in [9.17, 15) is 24.8 Å². The molecule has 2 aliphatic heterocycles. The van der Waals surface area contributed by atoms with Crippen LogP contribution in [0.2, 0.25) is 0 Å². The summed E-state index contributed by atoms with van der Waals surface area (Å²) in [6, 6.07) is 1.86. The lowest BCUT2D eigenvalue weighted by Gasteiger charge is -2.56. The number of aliphatic hydroxyl groups excluding tert-OH is 1. The highest BCUT2D eigenvalue weighted by Crippen LogP contribution is 2.60. The van der Waals surface area contributed by atoms with Gasteiger partial charge in [-0.3, -0.25) is 14.9 Å². The molecule has 1 N–H and O–H groups in total. The van der Waals surface area contributed by atoms with Gasteiger partial charge in [-0.2, -0.15) is 0 Å². The number of non-ortho nitro benzene ring substituents is 1. The number of amides is 1.